The second kappa shape index (κ2) is 9.28. The first-order valence-corrected chi connectivity index (χ1v) is 12.9. The van der Waals surface area contributed by atoms with Crippen LogP contribution in [0.4, 0.5) is 0 Å². The average Bonchev–Trinajstić information content (AvgIpc) is 3.32. The molecule has 0 aliphatic heterocycles. The summed E-state index contributed by atoms with van der Waals surface area (Å²) in [6, 6.07) is 29.1. The van der Waals surface area contributed by atoms with Crippen molar-refractivity contribution >= 4 is 21.9 Å². The van der Waals surface area contributed by atoms with E-state index in [1.807, 2.05) is 48.7 Å². The third-order valence-corrected chi connectivity index (χ3v) is 7.36. The van der Waals surface area contributed by atoms with Crippen molar-refractivity contribution in [3.63, 3.8) is 0 Å². The molecule has 6 aromatic rings. The Balaban J connectivity index is 1.60. The molecule has 0 aliphatic rings. The fourth-order valence-electron chi connectivity index (χ4n) is 5.20. The van der Waals surface area contributed by atoms with Gasteiger partial charge in [0.15, 0.2) is 6.20 Å². The van der Waals surface area contributed by atoms with E-state index in [1.54, 1.807) is 0 Å². The highest BCUT2D eigenvalue weighted by atomic mass is 16.3. The predicted octanol–water partition coefficient (Wildman–Crippen LogP) is 8.11. The van der Waals surface area contributed by atoms with Crippen LogP contribution in [-0.2, 0) is 7.05 Å². The van der Waals surface area contributed by atoms with Crippen LogP contribution in [0.5, 0.6) is 0 Å². The largest absolute Gasteiger partial charge is 0.454 e. The molecule has 0 aliphatic carbocycles. The Labute approximate surface area is 222 Å². The Morgan fingerprint density at radius 3 is 2.26 bits per heavy atom. The molecular weight excluding hydrogens is 466 g/mol. The van der Waals surface area contributed by atoms with Crippen molar-refractivity contribution in [1.29, 1.82) is 5.26 Å². The third kappa shape index (κ3) is 3.84. The highest BCUT2D eigenvalue weighted by molar-refractivity contribution is 6.13. The van der Waals surface area contributed by atoms with Crippen LogP contribution in [0.2, 0.25) is 0 Å². The Kier molecular flexibility index (Phi) is 5.77. The van der Waals surface area contributed by atoms with Crippen molar-refractivity contribution in [1.82, 2.24) is 4.98 Å². The van der Waals surface area contributed by atoms with E-state index in [0.29, 0.717) is 17.1 Å². The number of rotatable bonds is 4. The molecule has 0 unspecified atom stereocenters. The predicted molar refractivity (Wildman–Crippen MR) is 153 cm³/mol. The van der Waals surface area contributed by atoms with Crippen molar-refractivity contribution in [2.24, 2.45) is 7.05 Å². The van der Waals surface area contributed by atoms with Crippen molar-refractivity contribution < 1.29 is 8.98 Å². The fraction of sp³-hybridized carbons (Fsp3) is 0.147. The number of aryl methyl sites for hydroxylation is 2. The molecule has 0 saturated heterocycles. The normalized spacial score (nSPS) is 11.4. The topological polar surface area (TPSA) is 53.7 Å². The molecular formula is C34H28N3O+. The fourth-order valence-corrected chi connectivity index (χ4v) is 5.20. The van der Waals surface area contributed by atoms with Gasteiger partial charge in [0.2, 0.25) is 5.69 Å². The lowest BCUT2D eigenvalue weighted by atomic mass is 9.96. The molecule has 0 amide bonds. The van der Waals surface area contributed by atoms with E-state index in [-0.39, 0.29) is 0 Å². The number of nitrogens with zero attached hydrogens (tertiary/aromatic N) is 3. The second-order valence-corrected chi connectivity index (χ2v) is 10.1. The van der Waals surface area contributed by atoms with E-state index < -0.39 is 0 Å². The minimum absolute atomic E-state index is 0.417. The summed E-state index contributed by atoms with van der Waals surface area (Å²) in [4.78, 5) is 4.78. The van der Waals surface area contributed by atoms with Gasteiger partial charge in [-0.15, -0.1) is 0 Å². The first-order valence-electron chi connectivity index (χ1n) is 12.9. The molecule has 3 aromatic carbocycles. The van der Waals surface area contributed by atoms with Gasteiger partial charge in [-0.25, -0.2) is 4.57 Å². The highest BCUT2D eigenvalue weighted by Crippen LogP contribution is 2.41. The maximum atomic E-state index is 10.0. The van der Waals surface area contributed by atoms with Crippen LogP contribution in [-0.4, -0.2) is 4.98 Å². The molecule has 0 spiro atoms. The van der Waals surface area contributed by atoms with Crippen LogP contribution in [0.25, 0.3) is 55.6 Å². The van der Waals surface area contributed by atoms with Crippen LogP contribution in [0.1, 0.15) is 36.5 Å². The molecule has 0 radical (unpaired) electrons. The van der Waals surface area contributed by atoms with Crippen LogP contribution in [0.3, 0.4) is 0 Å². The molecule has 0 N–H and O–H groups in total. The number of pyridine rings is 2. The summed E-state index contributed by atoms with van der Waals surface area (Å²) in [5, 5.41) is 12.0. The molecule has 6 rings (SSSR count). The Hall–Kier alpha value is -4.75. The van der Waals surface area contributed by atoms with E-state index in [1.165, 1.54) is 5.56 Å². The first-order chi connectivity index (χ1) is 18.5. The summed E-state index contributed by atoms with van der Waals surface area (Å²) in [5.41, 5.74) is 10.2. The van der Waals surface area contributed by atoms with Gasteiger partial charge in [-0.1, -0.05) is 62.4 Å². The maximum Gasteiger partial charge on any atom is 0.216 e. The summed E-state index contributed by atoms with van der Waals surface area (Å²) in [5.74, 6) is 0.417. The maximum absolute atomic E-state index is 10.0. The number of hydrogen-bond donors (Lipinski definition) is 0. The van der Waals surface area contributed by atoms with Gasteiger partial charge in [0.1, 0.15) is 18.2 Å². The van der Waals surface area contributed by atoms with Gasteiger partial charge < -0.3 is 4.42 Å². The summed E-state index contributed by atoms with van der Waals surface area (Å²) in [6.07, 6.45) is 3.98. The van der Waals surface area contributed by atoms with Gasteiger partial charge in [-0.2, -0.15) is 5.26 Å². The van der Waals surface area contributed by atoms with Crippen LogP contribution in [0, 0.1) is 18.3 Å². The number of fused-ring (bicyclic) bond motifs is 3. The molecule has 0 atom stereocenters. The summed E-state index contributed by atoms with van der Waals surface area (Å²) in [7, 11) is 2.07. The lowest BCUT2D eigenvalue weighted by molar-refractivity contribution is -0.660. The SMILES string of the molecule is Cc1ccc2c(oc3c(-c4ccc(-c5ccccc5)cn4)c(C#N)ccc32)c1-c1cc(C(C)C)cc[n+]1C. The molecule has 0 saturated carbocycles. The zero-order chi connectivity index (χ0) is 26.4. The monoisotopic (exact) mass is 494 g/mol. The first kappa shape index (κ1) is 23.6. The number of hydrogen-bond acceptors (Lipinski definition) is 3. The van der Waals surface area contributed by atoms with Gasteiger partial charge in [0, 0.05) is 34.7 Å². The highest BCUT2D eigenvalue weighted by Gasteiger charge is 2.24. The Bertz CT molecular complexity index is 1860. The van der Waals surface area contributed by atoms with Crippen LogP contribution < -0.4 is 4.57 Å². The van der Waals surface area contributed by atoms with Crippen molar-refractivity contribution in [3.05, 3.63) is 108 Å². The van der Waals surface area contributed by atoms with E-state index in [4.69, 9.17) is 9.40 Å². The van der Waals surface area contributed by atoms with E-state index in [9.17, 15) is 5.26 Å². The number of nitriles is 1. The number of furan rings is 1. The van der Waals surface area contributed by atoms with Crippen LogP contribution in [0.15, 0.2) is 95.7 Å². The zero-order valence-electron chi connectivity index (χ0n) is 22.0. The van der Waals surface area contributed by atoms with Crippen LogP contribution >= 0.6 is 0 Å². The molecule has 184 valence electrons. The minimum Gasteiger partial charge on any atom is -0.454 e. The molecule has 4 heteroatoms. The molecule has 0 fully saturated rings. The second-order valence-electron chi connectivity index (χ2n) is 10.1. The lowest BCUT2D eigenvalue weighted by Gasteiger charge is -2.09. The molecule has 0 bridgehead atoms. The van der Waals surface area contributed by atoms with Gasteiger partial charge >= 0.3 is 0 Å². The van der Waals surface area contributed by atoms with Gasteiger partial charge in [-0.05, 0) is 47.7 Å². The third-order valence-electron chi connectivity index (χ3n) is 7.36. The van der Waals surface area contributed by atoms with Gasteiger partial charge in [-0.3, -0.25) is 4.98 Å². The Morgan fingerprint density at radius 1 is 0.842 bits per heavy atom. The summed E-state index contributed by atoms with van der Waals surface area (Å²) < 4.78 is 8.86. The average molecular weight is 495 g/mol. The minimum atomic E-state index is 0.417. The Morgan fingerprint density at radius 2 is 1.58 bits per heavy atom. The van der Waals surface area contributed by atoms with Crippen molar-refractivity contribution in [3.8, 4) is 39.7 Å². The lowest BCUT2D eigenvalue weighted by Crippen LogP contribution is -2.31. The number of aromatic nitrogens is 2. The molecule has 3 heterocycles. The number of benzene rings is 3. The smallest absolute Gasteiger partial charge is 0.216 e. The van der Waals surface area contributed by atoms with E-state index >= 15 is 0 Å². The van der Waals surface area contributed by atoms with Crippen molar-refractivity contribution in [2.75, 3.05) is 0 Å². The standard InChI is InChI=1S/C34H28N3O/c1-21(2)24-16-17-37(4)30(18-24)31-22(3)10-13-27-28-14-11-25(19-35)32(34(28)38-33(27)31)29-15-12-26(20-36-29)23-8-6-5-7-9-23/h5-18,20-21H,1-4H3/q+1. The quantitative estimate of drug-likeness (QED) is 0.233. The van der Waals surface area contributed by atoms with Gasteiger partial charge in [0.25, 0.3) is 0 Å². The molecule has 38 heavy (non-hydrogen) atoms. The summed E-state index contributed by atoms with van der Waals surface area (Å²) >= 11 is 0. The molecule has 3 aromatic heterocycles. The van der Waals surface area contributed by atoms with E-state index in [0.717, 1.165) is 55.6 Å². The summed E-state index contributed by atoms with van der Waals surface area (Å²) in [6.45, 7) is 6.54. The molecule has 4 nitrogen and oxygen atoms in total. The van der Waals surface area contributed by atoms with Crippen molar-refractivity contribution in [2.45, 2.75) is 26.7 Å². The van der Waals surface area contributed by atoms with E-state index in [2.05, 4.69) is 81.1 Å². The zero-order valence-corrected chi connectivity index (χ0v) is 22.0. The van der Waals surface area contributed by atoms with Gasteiger partial charge in [0.05, 0.1) is 28.5 Å².